The lowest BCUT2D eigenvalue weighted by Gasteiger charge is -2.11. The zero-order valence-electron chi connectivity index (χ0n) is 13.8. The molecule has 0 bridgehead atoms. The molecule has 1 aliphatic carbocycles. The topological polar surface area (TPSA) is 60.9 Å². The smallest absolute Gasteiger partial charge is 0.421 e. The molecule has 0 radical (unpaired) electrons. The highest BCUT2D eigenvalue weighted by Crippen LogP contribution is 2.40. The molecule has 4 rings (SSSR count). The average Bonchev–Trinajstić information content (AvgIpc) is 3.36. The highest BCUT2D eigenvalue weighted by molar-refractivity contribution is 5.55. The minimum Gasteiger partial charge on any atom is -0.439 e. The van der Waals surface area contributed by atoms with Gasteiger partial charge < -0.3 is 4.42 Å². The van der Waals surface area contributed by atoms with Crippen molar-refractivity contribution in [3.05, 3.63) is 69.8 Å². The van der Waals surface area contributed by atoms with Crippen molar-refractivity contribution in [3.8, 4) is 11.3 Å². The number of nitrogens with zero attached hydrogens (tertiary/aromatic N) is 3. The third-order valence-electron chi connectivity index (χ3n) is 4.26. The van der Waals surface area contributed by atoms with Gasteiger partial charge >= 0.3 is 6.18 Å². The van der Waals surface area contributed by atoms with E-state index in [2.05, 4.69) is 10.1 Å². The van der Waals surface area contributed by atoms with Crippen LogP contribution in [0.25, 0.3) is 11.3 Å². The van der Waals surface area contributed by atoms with Crippen molar-refractivity contribution in [2.75, 3.05) is 0 Å². The lowest BCUT2D eigenvalue weighted by Crippen LogP contribution is -2.31. The number of benzene rings is 1. The third-order valence-corrected chi connectivity index (χ3v) is 4.26. The van der Waals surface area contributed by atoms with Crippen LogP contribution in [0, 0.1) is 5.82 Å². The van der Waals surface area contributed by atoms with Gasteiger partial charge in [-0.3, -0.25) is 4.79 Å². The molecule has 0 aliphatic heterocycles. The van der Waals surface area contributed by atoms with Crippen molar-refractivity contribution in [1.82, 2.24) is 14.8 Å². The van der Waals surface area contributed by atoms with Gasteiger partial charge in [0.15, 0.2) is 5.76 Å². The Hall–Kier alpha value is -2.97. The fraction of sp³-hybridized carbons (Fsp3) is 0.278. The Morgan fingerprint density at radius 1 is 1.19 bits per heavy atom. The maximum atomic E-state index is 13.2. The van der Waals surface area contributed by atoms with E-state index < -0.39 is 23.1 Å². The molecule has 0 amide bonds. The summed E-state index contributed by atoms with van der Waals surface area (Å²) in [7, 11) is 0. The maximum absolute atomic E-state index is 13.2. The van der Waals surface area contributed by atoms with Gasteiger partial charge in [-0.05, 0) is 43.2 Å². The molecule has 0 N–H and O–H groups in total. The molecule has 27 heavy (non-hydrogen) atoms. The predicted octanol–water partition coefficient (Wildman–Crippen LogP) is 3.98. The summed E-state index contributed by atoms with van der Waals surface area (Å²) < 4.78 is 58.8. The van der Waals surface area contributed by atoms with Gasteiger partial charge in [-0.25, -0.2) is 14.1 Å². The second-order valence-corrected chi connectivity index (χ2v) is 6.34. The summed E-state index contributed by atoms with van der Waals surface area (Å²) in [4.78, 5) is 16.2. The van der Waals surface area contributed by atoms with E-state index in [1.807, 2.05) is 0 Å². The second-order valence-electron chi connectivity index (χ2n) is 6.34. The molecule has 5 nitrogen and oxygen atoms in total. The molecule has 0 saturated heterocycles. The van der Waals surface area contributed by atoms with Crippen LogP contribution in [0.2, 0.25) is 0 Å². The standard InChI is InChI=1S/C18H13F4N3O2/c19-12-5-3-11(4-6-12)15-8-23-16(27-15)9-25-17(26)13(18(20,21)22)7-14(24-25)10-1-2-10/h3-8,10H,1-2,9H2. The first-order valence-corrected chi connectivity index (χ1v) is 8.21. The molecular formula is C18H13F4N3O2. The molecule has 2 aromatic heterocycles. The van der Waals surface area contributed by atoms with Crippen LogP contribution in [0.5, 0.6) is 0 Å². The van der Waals surface area contributed by atoms with Gasteiger partial charge in [0.1, 0.15) is 17.9 Å². The van der Waals surface area contributed by atoms with Crippen LogP contribution >= 0.6 is 0 Å². The largest absolute Gasteiger partial charge is 0.439 e. The molecule has 1 fully saturated rings. The first kappa shape index (κ1) is 17.4. The van der Waals surface area contributed by atoms with Crippen molar-refractivity contribution >= 4 is 0 Å². The lowest BCUT2D eigenvalue weighted by atomic mass is 10.2. The Bertz CT molecular complexity index is 1030. The number of alkyl halides is 3. The van der Waals surface area contributed by atoms with E-state index >= 15 is 0 Å². The Labute approximate surface area is 150 Å². The van der Waals surface area contributed by atoms with Crippen molar-refractivity contribution in [2.45, 2.75) is 31.5 Å². The van der Waals surface area contributed by atoms with E-state index in [4.69, 9.17) is 4.42 Å². The molecule has 2 heterocycles. The van der Waals surface area contributed by atoms with E-state index in [0.717, 1.165) is 23.6 Å². The number of halogens is 4. The highest BCUT2D eigenvalue weighted by atomic mass is 19.4. The van der Waals surface area contributed by atoms with Crippen molar-refractivity contribution in [2.24, 2.45) is 0 Å². The summed E-state index contributed by atoms with van der Waals surface area (Å²) >= 11 is 0. The van der Waals surface area contributed by atoms with E-state index in [0.29, 0.717) is 11.3 Å². The van der Waals surface area contributed by atoms with E-state index in [1.165, 1.54) is 30.5 Å². The maximum Gasteiger partial charge on any atom is 0.421 e. The van der Waals surface area contributed by atoms with Crippen LogP contribution in [-0.2, 0) is 12.7 Å². The normalized spacial score (nSPS) is 14.5. The minimum absolute atomic E-state index is 0.0324. The number of oxazole rings is 1. The molecule has 1 aromatic carbocycles. The zero-order valence-corrected chi connectivity index (χ0v) is 13.8. The summed E-state index contributed by atoms with van der Waals surface area (Å²) in [5.74, 6) is -0.125. The Morgan fingerprint density at radius 3 is 2.52 bits per heavy atom. The number of hydrogen-bond acceptors (Lipinski definition) is 4. The van der Waals surface area contributed by atoms with Gasteiger partial charge in [0.05, 0.1) is 11.9 Å². The molecule has 1 saturated carbocycles. The zero-order chi connectivity index (χ0) is 19.2. The van der Waals surface area contributed by atoms with Crippen molar-refractivity contribution in [3.63, 3.8) is 0 Å². The van der Waals surface area contributed by atoms with Gasteiger partial charge in [-0.15, -0.1) is 0 Å². The Balaban J connectivity index is 1.67. The van der Waals surface area contributed by atoms with Gasteiger partial charge in [-0.2, -0.15) is 18.3 Å². The molecule has 0 atom stereocenters. The fourth-order valence-electron chi connectivity index (χ4n) is 2.71. The number of rotatable bonds is 4. The van der Waals surface area contributed by atoms with Crippen LogP contribution in [0.3, 0.4) is 0 Å². The molecule has 0 spiro atoms. The SMILES string of the molecule is O=c1c(C(F)(F)F)cc(C2CC2)nn1Cc1ncc(-c2ccc(F)cc2)o1. The van der Waals surface area contributed by atoms with Crippen LogP contribution in [0.1, 0.15) is 35.9 Å². The third kappa shape index (κ3) is 3.62. The Morgan fingerprint density at radius 2 is 1.89 bits per heavy atom. The Kier molecular flexibility index (Phi) is 4.09. The number of hydrogen-bond donors (Lipinski definition) is 0. The molecule has 1 aliphatic rings. The summed E-state index contributed by atoms with van der Waals surface area (Å²) in [5.41, 5.74) is -1.69. The monoisotopic (exact) mass is 379 g/mol. The summed E-state index contributed by atoms with van der Waals surface area (Å²) in [6.07, 6.45) is -1.91. The molecule has 3 aromatic rings. The first-order chi connectivity index (χ1) is 12.8. The predicted molar refractivity (Wildman–Crippen MR) is 86.5 cm³/mol. The molecule has 140 valence electrons. The van der Waals surface area contributed by atoms with Gasteiger partial charge in [0, 0.05) is 11.5 Å². The lowest BCUT2D eigenvalue weighted by molar-refractivity contribution is -0.139. The summed E-state index contributed by atoms with van der Waals surface area (Å²) in [6, 6.07) is 6.30. The molecule has 9 heteroatoms. The first-order valence-electron chi connectivity index (χ1n) is 8.21. The minimum atomic E-state index is -4.76. The van der Waals surface area contributed by atoms with E-state index in [-0.39, 0.29) is 24.0 Å². The van der Waals surface area contributed by atoms with E-state index in [9.17, 15) is 22.4 Å². The van der Waals surface area contributed by atoms with Crippen LogP contribution in [0.4, 0.5) is 17.6 Å². The van der Waals surface area contributed by atoms with Gasteiger partial charge in [-0.1, -0.05) is 0 Å². The van der Waals surface area contributed by atoms with E-state index in [1.54, 1.807) is 0 Å². The van der Waals surface area contributed by atoms with Crippen molar-refractivity contribution in [1.29, 1.82) is 0 Å². The van der Waals surface area contributed by atoms with Crippen LogP contribution < -0.4 is 5.56 Å². The summed E-state index contributed by atoms with van der Waals surface area (Å²) in [5, 5.41) is 4.05. The fourth-order valence-corrected chi connectivity index (χ4v) is 2.71. The van der Waals surface area contributed by atoms with Gasteiger partial charge in [0.2, 0.25) is 5.89 Å². The molecular weight excluding hydrogens is 366 g/mol. The number of aromatic nitrogens is 3. The molecule has 0 unspecified atom stereocenters. The summed E-state index contributed by atoms with van der Waals surface area (Å²) in [6.45, 7) is -0.330. The quantitative estimate of drug-likeness (QED) is 0.644. The van der Waals surface area contributed by atoms with Gasteiger partial charge in [0.25, 0.3) is 5.56 Å². The highest BCUT2D eigenvalue weighted by Gasteiger charge is 2.37. The van der Waals surface area contributed by atoms with Crippen LogP contribution in [-0.4, -0.2) is 14.8 Å². The van der Waals surface area contributed by atoms with Crippen molar-refractivity contribution < 1.29 is 22.0 Å². The average molecular weight is 379 g/mol. The second kappa shape index (κ2) is 6.33. The van der Waals surface area contributed by atoms with Crippen LogP contribution in [0.15, 0.2) is 45.7 Å².